The van der Waals surface area contributed by atoms with Crippen LogP contribution in [-0.2, 0) is 20.4 Å². The van der Waals surface area contributed by atoms with Gasteiger partial charge in [-0.3, -0.25) is 0 Å². The molecule has 0 atom stereocenters. The Hall–Kier alpha value is -1.31. The smallest absolute Gasteiger partial charge is 0.119 e. The van der Waals surface area contributed by atoms with Crippen LogP contribution >= 0.6 is 0 Å². The standard InChI is InChI=1S/C20H30O.C9H13.Ti/c1-8-16(19(2,3)4)14-17(20(5,6)7)15-21-18-12-10-9-11-13-18;1-9(2,3)8-6-4-5-7-8;/h8-14H,15H2,1-7H3;6-7H,4H2,1-3H3;. The third kappa shape index (κ3) is 10.2. The largest absolute Gasteiger partial charge is 0.489 e. The van der Waals surface area contributed by atoms with Crippen LogP contribution in [0.5, 0.6) is 5.75 Å². The number of hydrogen-bond donors (Lipinski definition) is 0. The predicted octanol–water partition coefficient (Wildman–Crippen LogP) is 8.82. The summed E-state index contributed by atoms with van der Waals surface area (Å²) in [6, 6.07) is 10.0. The van der Waals surface area contributed by atoms with Crippen molar-refractivity contribution in [3.8, 4) is 5.75 Å². The molecule has 1 aliphatic rings. The van der Waals surface area contributed by atoms with Crippen molar-refractivity contribution in [3.05, 3.63) is 75.2 Å². The van der Waals surface area contributed by atoms with Crippen molar-refractivity contribution in [1.82, 2.24) is 0 Å². The molecule has 0 amide bonds. The molecule has 0 radical (unpaired) electrons. The summed E-state index contributed by atoms with van der Waals surface area (Å²) in [6.07, 6.45) is 10.3. The zero-order valence-corrected chi connectivity index (χ0v) is 23.1. The van der Waals surface area contributed by atoms with Gasteiger partial charge in [-0.05, 0) is 41.0 Å². The average Bonchev–Trinajstić information content (AvgIpc) is 3.08. The molecule has 0 aliphatic heterocycles. The number of para-hydroxylation sites is 1. The number of allylic oxidation sites excluding steroid dienone is 7. The van der Waals surface area contributed by atoms with Gasteiger partial charge in [-0.1, -0.05) is 71.9 Å². The fraction of sp³-hybridized carbons (Fsp3) is 0.517. The summed E-state index contributed by atoms with van der Waals surface area (Å²) >= 11 is 2.19. The fourth-order valence-electron chi connectivity index (χ4n) is 3.12. The van der Waals surface area contributed by atoms with E-state index >= 15 is 0 Å². The molecule has 1 nitrogen and oxygen atoms in total. The Morgan fingerprint density at radius 2 is 1.52 bits per heavy atom. The van der Waals surface area contributed by atoms with Crippen LogP contribution < -0.4 is 4.74 Å². The number of ether oxygens (including phenoxy) is 1. The van der Waals surface area contributed by atoms with E-state index in [1.165, 1.54) is 20.6 Å². The van der Waals surface area contributed by atoms with E-state index in [1.54, 1.807) is 0 Å². The summed E-state index contributed by atoms with van der Waals surface area (Å²) in [5.41, 5.74) is 4.74. The molecule has 0 fully saturated rings. The van der Waals surface area contributed by atoms with E-state index in [9.17, 15) is 0 Å². The van der Waals surface area contributed by atoms with Gasteiger partial charge in [-0.15, -0.1) is 0 Å². The summed E-state index contributed by atoms with van der Waals surface area (Å²) in [5, 5.41) is 0. The van der Waals surface area contributed by atoms with Crippen molar-refractivity contribution in [3.63, 3.8) is 0 Å². The summed E-state index contributed by atoms with van der Waals surface area (Å²) in [5.74, 6) is 0.922. The second kappa shape index (κ2) is 11.5. The molecule has 0 saturated heterocycles. The normalized spacial score (nSPS) is 15.6. The van der Waals surface area contributed by atoms with Crippen LogP contribution in [0.3, 0.4) is 0 Å². The quantitative estimate of drug-likeness (QED) is 0.325. The molecule has 1 aromatic rings. The van der Waals surface area contributed by atoms with Gasteiger partial charge in [0.15, 0.2) is 0 Å². The third-order valence-corrected chi connectivity index (χ3v) is 5.89. The van der Waals surface area contributed by atoms with Crippen molar-refractivity contribution in [1.29, 1.82) is 0 Å². The van der Waals surface area contributed by atoms with E-state index in [2.05, 4.69) is 114 Å². The number of benzene rings is 1. The first-order valence-corrected chi connectivity index (χ1v) is 12.1. The van der Waals surface area contributed by atoms with Crippen LogP contribution in [0, 0.1) is 16.2 Å². The first-order valence-electron chi connectivity index (χ1n) is 11.3. The molecule has 1 aliphatic carbocycles. The van der Waals surface area contributed by atoms with Gasteiger partial charge in [0.25, 0.3) is 0 Å². The van der Waals surface area contributed by atoms with E-state index in [0.717, 1.165) is 12.2 Å². The molecule has 0 saturated carbocycles. The van der Waals surface area contributed by atoms with Gasteiger partial charge in [0.05, 0.1) is 0 Å². The molecule has 1 aromatic carbocycles. The van der Waals surface area contributed by atoms with E-state index < -0.39 is 0 Å². The van der Waals surface area contributed by atoms with Crippen LogP contribution in [0.15, 0.2) is 75.2 Å². The van der Waals surface area contributed by atoms with E-state index in [4.69, 9.17) is 4.74 Å². The molecule has 31 heavy (non-hydrogen) atoms. The van der Waals surface area contributed by atoms with Crippen molar-refractivity contribution in [2.75, 3.05) is 6.61 Å². The van der Waals surface area contributed by atoms with Gasteiger partial charge >= 0.3 is 74.6 Å². The molecule has 0 spiro atoms. The number of hydrogen-bond acceptors (Lipinski definition) is 1. The van der Waals surface area contributed by atoms with Crippen LogP contribution in [0.25, 0.3) is 0 Å². The van der Waals surface area contributed by atoms with Gasteiger partial charge in [0, 0.05) is 0 Å². The van der Waals surface area contributed by atoms with E-state index in [-0.39, 0.29) is 10.8 Å². The minimum Gasteiger partial charge on any atom is -0.489 e. The summed E-state index contributed by atoms with van der Waals surface area (Å²) in [6.45, 7) is 23.0. The van der Waals surface area contributed by atoms with Crippen molar-refractivity contribution in [2.45, 2.75) is 75.7 Å². The maximum atomic E-state index is 5.96. The monoisotopic (exact) mass is 455 g/mol. The van der Waals surface area contributed by atoms with E-state index in [0.29, 0.717) is 12.0 Å². The molecule has 0 aromatic heterocycles. The molecule has 2 heteroatoms. The first-order chi connectivity index (χ1) is 14.1. The maximum absolute atomic E-state index is 5.96. The zero-order chi connectivity index (χ0) is 23.9. The Morgan fingerprint density at radius 3 is 1.87 bits per heavy atom. The zero-order valence-electron chi connectivity index (χ0n) is 21.5. The van der Waals surface area contributed by atoms with Gasteiger partial charge in [0.1, 0.15) is 12.4 Å². The Bertz CT molecular complexity index is 816. The van der Waals surface area contributed by atoms with E-state index in [1.807, 2.05) is 30.3 Å². The third-order valence-electron chi connectivity index (χ3n) is 5.35. The molecule has 0 unspecified atom stereocenters. The summed E-state index contributed by atoms with van der Waals surface area (Å²) < 4.78 is 7.45. The van der Waals surface area contributed by atoms with Crippen LogP contribution in [0.1, 0.15) is 75.7 Å². The van der Waals surface area contributed by atoms with Crippen molar-refractivity contribution >= 4 is 0 Å². The van der Waals surface area contributed by atoms with Gasteiger partial charge in [-0.25, -0.2) is 0 Å². The Kier molecular flexibility index (Phi) is 10.3. The Balaban J connectivity index is 0.000000399. The first kappa shape index (κ1) is 27.7. The molecule has 169 valence electrons. The maximum Gasteiger partial charge on any atom is 0.119 e. The molecule has 0 N–H and O–H groups in total. The van der Waals surface area contributed by atoms with Gasteiger partial charge in [0.2, 0.25) is 0 Å². The minimum atomic E-state index is 0.0916. The topological polar surface area (TPSA) is 9.23 Å². The predicted molar refractivity (Wildman–Crippen MR) is 133 cm³/mol. The van der Waals surface area contributed by atoms with Crippen molar-refractivity contribution in [2.24, 2.45) is 16.2 Å². The van der Waals surface area contributed by atoms with Crippen LogP contribution in [0.4, 0.5) is 0 Å². The van der Waals surface area contributed by atoms with Crippen molar-refractivity contribution < 1.29 is 25.2 Å². The second-order valence-corrected chi connectivity index (χ2v) is 12.3. The molecular formula is C29H43OTi. The minimum absolute atomic E-state index is 0.0916. The second-order valence-electron chi connectivity index (χ2n) is 11.3. The summed E-state index contributed by atoms with van der Waals surface area (Å²) in [7, 11) is 0. The molecule has 2 rings (SSSR count). The average molecular weight is 456 g/mol. The Labute approximate surface area is 204 Å². The SMILES string of the molecule is CC(C)(C)C1=CC[C]([Ti])=C1.CC=C(C=C(COc1ccccc1)C(C)(C)C)C(C)(C)C. The fourth-order valence-corrected chi connectivity index (χ4v) is 3.52. The van der Waals surface area contributed by atoms with Gasteiger partial charge in [-0.2, -0.15) is 0 Å². The molecule has 0 bridgehead atoms. The number of rotatable bonds is 4. The molecule has 0 heterocycles. The Morgan fingerprint density at radius 1 is 0.935 bits per heavy atom. The molecular weight excluding hydrogens is 412 g/mol. The summed E-state index contributed by atoms with van der Waals surface area (Å²) in [4.78, 5) is 0. The van der Waals surface area contributed by atoms with Gasteiger partial charge < -0.3 is 4.74 Å². The van der Waals surface area contributed by atoms with Crippen LogP contribution in [-0.4, -0.2) is 6.61 Å². The van der Waals surface area contributed by atoms with Crippen LogP contribution in [0.2, 0.25) is 0 Å².